The van der Waals surface area contributed by atoms with Crippen molar-refractivity contribution in [3.8, 4) is 0 Å². The van der Waals surface area contributed by atoms with Crippen LogP contribution in [-0.2, 0) is 16.0 Å². The normalized spacial score (nSPS) is 12.2. The maximum Gasteiger partial charge on any atom is 0.408 e. The molecule has 2 aromatic carbocycles. The van der Waals surface area contributed by atoms with Crippen LogP contribution in [0.4, 0.5) is 14.9 Å². The van der Waals surface area contributed by atoms with Crippen molar-refractivity contribution < 1.29 is 18.7 Å². The summed E-state index contributed by atoms with van der Waals surface area (Å²) < 4.78 is 19.0. The highest BCUT2D eigenvalue weighted by molar-refractivity contribution is 5.96. The third-order valence-electron chi connectivity index (χ3n) is 3.42. The van der Waals surface area contributed by atoms with Gasteiger partial charge in [-0.15, -0.1) is 0 Å². The molecule has 0 saturated carbocycles. The van der Waals surface area contributed by atoms with E-state index in [1.165, 1.54) is 18.2 Å². The van der Waals surface area contributed by atoms with Crippen LogP contribution in [0.5, 0.6) is 0 Å². The molecule has 138 valence electrons. The SMILES string of the molecule is CC(C)(C)OC(=O)N[C@@H](Cc1ccccc1)C(=O)Nc1ccccc1F. The van der Waals surface area contributed by atoms with Gasteiger partial charge in [0, 0.05) is 6.42 Å². The van der Waals surface area contributed by atoms with E-state index in [2.05, 4.69) is 10.6 Å². The van der Waals surface area contributed by atoms with E-state index in [4.69, 9.17) is 4.74 Å². The van der Waals surface area contributed by atoms with Gasteiger partial charge in [-0.25, -0.2) is 9.18 Å². The molecule has 0 aliphatic carbocycles. The van der Waals surface area contributed by atoms with Crippen LogP contribution < -0.4 is 10.6 Å². The third kappa shape index (κ3) is 6.20. The molecule has 2 amide bonds. The number of ether oxygens (including phenoxy) is 1. The highest BCUT2D eigenvalue weighted by Gasteiger charge is 2.25. The van der Waals surface area contributed by atoms with Gasteiger partial charge in [-0.05, 0) is 38.5 Å². The second-order valence-corrected chi connectivity index (χ2v) is 6.86. The molecule has 0 spiro atoms. The average molecular weight is 358 g/mol. The summed E-state index contributed by atoms with van der Waals surface area (Å²) >= 11 is 0. The van der Waals surface area contributed by atoms with E-state index in [0.717, 1.165) is 5.56 Å². The fraction of sp³-hybridized carbons (Fsp3) is 0.300. The number of amides is 2. The number of hydrogen-bond acceptors (Lipinski definition) is 3. The van der Waals surface area contributed by atoms with E-state index >= 15 is 0 Å². The summed E-state index contributed by atoms with van der Waals surface area (Å²) in [5.74, 6) is -1.07. The van der Waals surface area contributed by atoms with Crippen molar-refractivity contribution in [3.05, 3.63) is 66.0 Å². The Hall–Kier alpha value is -2.89. The second-order valence-electron chi connectivity index (χ2n) is 6.86. The molecule has 0 radical (unpaired) electrons. The Bertz CT molecular complexity index is 757. The Morgan fingerprint density at radius 1 is 1.04 bits per heavy atom. The summed E-state index contributed by atoms with van der Waals surface area (Å²) in [5, 5.41) is 5.08. The molecule has 6 heteroatoms. The summed E-state index contributed by atoms with van der Waals surface area (Å²) in [7, 11) is 0. The summed E-state index contributed by atoms with van der Waals surface area (Å²) in [5.41, 5.74) is 0.224. The van der Waals surface area contributed by atoms with Crippen LogP contribution in [0.3, 0.4) is 0 Å². The first-order valence-corrected chi connectivity index (χ1v) is 8.33. The molecule has 0 aliphatic heterocycles. The van der Waals surface area contributed by atoms with Crippen LogP contribution in [0.1, 0.15) is 26.3 Å². The van der Waals surface area contributed by atoms with Crippen molar-refractivity contribution in [3.63, 3.8) is 0 Å². The fourth-order valence-electron chi connectivity index (χ4n) is 2.29. The van der Waals surface area contributed by atoms with Crippen molar-refractivity contribution in [2.24, 2.45) is 0 Å². The number of carbonyl (C=O) groups is 2. The zero-order chi connectivity index (χ0) is 19.2. The second kappa shape index (κ2) is 8.47. The van der Waals surface area contributed by atoms with Crippen LogP contribution >= 0.6 is 0 Å². The van der Waals surface area contributed by atoms with Crippen molar-refractivity contribution in [2.45, 2.75) is 38.8 Å². The predicted octanol–water partition coefficient (Wildman–Crippen LogP) is 3.90. The predicted molar refractivity (Wildman–Crippen MR) is 98.3 cm³/mol. The molecular weight excluding hydrogens is 335 g/mol. The van der Waals surface area contributed by atoms with Crippen LogP contribution in [0.2, 0.25) is 0 Å². The smallest absolute Gasteiger partial charge is 0.408 e. The molecule has 26 heavy (non-hydrogen) atoms. The van der Waals surface area contributed by atoms with Crippen molar-refractivity contribution in [1.82, 2.24) is 5.32 Å². The molecule has 0 saturated heterocycles. The third-order valence-corrected chi connectivity index (χ3v) is 3.42. The van der Waals surface area contributed by atoms with E-state index in [1.54, 1.807) is 26.8 Å². The lowest BCUT2D eigenvalue weighted by Gasteiger charge is -2.23. The number of anilines is 1. The Kier molecular flexibility index (Phi) is 6.33. The van der Waals surface area contributed by atoms with Crippen LogP contribution in [-0.4, -0.2) is 23.6 Å². The standard InChI is InChI=1S/C20H23FN2O3/c1-20(2,3)26-19(25)23-17(13-14-9-5-4-6-10-14)18(24)22-16-12-8-7-11-15(16)21/h4-12,17H,13H2,1-3H3,(H,22,24)(H,23,25)/t17-/m0/s1. The van der Waals surface area contributed by atoms with Gasteiger partial charge >= 0.3 is 6.09 Å². The largest absolute Gasteiger partial charge is 0.444 e. The molecule has 0 aromatic heterocycles. The van der Waals surface area contributed by atoms with Gasteiger partial charge in [0.1, 0.15) is 17.5 Å². The van der Waals surface area contributed by atoms with Gasteiger partial charge in [-0.2, -0.15) is 0 Å². The molecule has 5 nitrogen and oxygen atoms in total. The lowest BCUT2D eigenvalue weighted by Crippen LogP contribution is -2.47. The topological polar surface area (TPSA) is 67.4 Å². The number of carbonyl (C=O) groups excluding carboxylic acids is 2. The molecule has 2 rings (SSSR count). The van der Waals surface area contributed by atoms with Gasteiger partial charge in [-0.3, -0.25) is 4.79 Å². The molecule has 0 bridgehead atoms. The Balaban J connectivity index is 2.14. The lowest BCUT2D eigenvalue weighted by molar-refractivity contribution is -0.118. The number of benzene rings is 2. The number of nitrogens with one attached hydrogen (secondary N) is 2. The number of alkyl carbamates (subject to hydrolysis) is 1. The molecule has 0 fully saturated rings. The average Bonchev–Trinajstić information content (AvgIpc) is 2.55. The Morgan fingerprint density at radius 2 is 1.65 bits per heavy atom. The quantitative estimate of drug-likeness (QED) is 0.852. The van der Waals surface area contributed by atoms with Gasteiger partial charge in [0.2, 0.25) is 5.91 Å². The van der Waals surface area contributed by atoms with Gasteiger partial charge in [-0.1, -0.05) is 42.5 Å². The summed E-state index contributed by atoms with van der Waals surface area (Å²) in [6, 6.07) is 14.2. The minimum atomic E-state index is -0.910. The van der Waals surface area contributed by atoms with E-state index in [9.17, 15) is 14.0 Å². The maximum absolute atomic E-state index is 13.8. The van der Waals surface area contributed by atoms with Crippen LogP contribution in [0.25, 0.3) is 0 Å². The summed E-state index contributed by atoms with van der Waals surface area (Å²) in [6.07, 6.45) is -0.456. The van der Waals surface area contributed by atoms with Crippen LogP contribution in [0, 0.1) is 5.82 Å². The molecule has 0 unspecified atom stereocenters. The van der Waals surface area contributed by atoms with Crippen molar-refractivity contribution in [2.75, 3.05) is 5.32 Å². The number of rotatable bonds is 5. The molecule has 2 aromatic rings. The first-order valence-electron chi connectivity index (χ1n) is 8.33. The molecule has 2 N–H and O–H groups in total. The van der Waals surface area contributed by atoms with E-state index in [-0.39, 0.29) is 12.1 Å². The summed E-state index contributed by atoms with van der Waals surface area (Å²) in [6.45, 7) is 5.20. The maximum atomic E-state index is 13.8. The van der Waals surface area contributed by atoms with Gasteiger partial charge < -0.3 is 15.4 Å². The minimum absolute atomic E-state index is 0.0570. The van der Waals surface area contributed by atoms with Gasteiger partial charge in [0.05, 0.1) is 5.69 Å². The highest BCUT2D eigenvalue weighted by atomic mass is 19.1. The molecule has 1 atom stereocenters. The summed E-state index contributed by atoms with van der Waals surface area (Å²) in [4.78, 5) is 24.7. The molecule has 0 heterocycles. The van der Waals surface area contributed by atoms with Crippen LogP contribution in [0.15, 0.2) is 54.6 Å². The number of hydrogen-bond donors (Lipinski definition) is 2. The Morgan fingerprint density at radius 3 is 2.27 bits per heavy atom. The Labute approximate surface area is 152 Å². The van der Waals surface area contributed by atoms with Crippen molar-refractivity contribution >= 4 is 17.7 Å². The van der Waals surface area contributed by atoms with Crippen molar-refractivity contribution in [1.29, 1.82) is 0 Å². The molecular formula is C20H23FN2O3. The van der Waals surface area contributed by atoms with Gasteiger partial charge in [0.15, 0.2) is 0 Å². The monoisotopic (exact) mass is 358 g/mol. The zero-order valence-electron chi connectivity index (χ0n) is 15.1. The van der Waals surface area contributed by atoms with Gasteiger partial charge in [0.25, 0.3) is 0 Å². The fourth-order valence-corrected chi connectivity index (χ4v) is 2.29. The lowest BCUT2D eigenvalue weighted by atomic mass is 10.1. The van der Waals surface area contributed by atoms with E-state index < -0.39 is 29.5 Å². The number of halogens is 1. The highest BCUT2D eigenvalue weighted by Crippen LogP contribution is 2.14. The first-order chi connectivity index (χ1) is 12.2. The molecule has 0 aliphatic rings. The minimum Gasteiger partial charge on any atom is -0.444 e. The first kappa shape index (κ1) is 19.4. The zero-order valence-corrected chi connectivity index (χ0v) is 15.1. The van der Waals surface area contributed by atoms with E-state index in [1.807, 2.05) is 30.3 Å². The van der Waals surface area contributed by atoms with E-state index in [0.29, 0.717) is 0 Å². The number of para-hydroxylation sites is 1.